The minimum atomic E-state index is -0.801. The second kappa shape index (κ2) is 10.8. The smallest absolute Gasteiger partial charge is 0.314 e. The Morgan fingerprint density at radius 2 is 2.00 bits per heavy atom. The molecule has 0 spiro atoms. The van der Waals surface area contributed by atoms with Crippen LogP contribution >= 0.6 is 0 Å². The zero-order chi connectivity index (χ0) is 13.8. The van der Waals surface area contributed by atoms with Crippen LogP contribution < -0.4 is 10.6 Å². The van der Waals surface area contributed by atoms with Gasteiger partial charge < -0.3 is 20.5 Å². The van der Waals surface area contributed by atoms with Gasteiger partial charge in [0, 0.05) is 33.2 Å². The Morgan fingerprint density at radius 1 is 1.28 bits per heavy atom. The summed E-state index contributed by atoms with van der Waals surface area (Å²) in [7, 11) is 1.65. The third-order valence-corrected chi connectivity index (χ3v) is 2.52. The molecule has 0 fully saturated rings. The van der Waals surface area contributed by atoms with Gasteiger partial charge in [-0.3, -0.25) is 4.79 Å². The number of amides is 2. The summed E-state index contributed by atoms with van der Waals surface area (Å²) in [6.45, 7) is 3.74. The molecule has 0 rings (SSSR count). The topological polar surface area (TPSA) is 87.7 Å². The molecular formula is C12H24N2O4. The molecule has 6 heteroatoms. The summed E-state index contributed by atoms with van der Waals surface area (Å²) in [5.41, 5.74) is 0. The van der Waals surface area contributed by atoms with E-state index in [4.69, 9.17) is 9.84 Å². The molecule has 6 nitrogen and oxygen atoms in total. The molecule has 2 amide bonds. The molecule has 18 heavy (non-hydrogen) atoms. The standard InChI is InChI=1S/C12H24N2O4/c1-10(5-6-11(15)16)9-14-12(17)13-7-3-4-8-18-2/h10H,3-9H2,1-2H3,(H,15,16)(H2,13,14,17). The van der Waals surface area contributed by atoms with Gasteiger partial charge in [-0.25, -0.2) is 4.79 Å². The van der Waals surface area contributed by atoms with Gasteiger partial charge in [-0.2, -0.15) is 0 Å². The number of urea groups is 1. The maximum atomic E-state index is 11.3. The van der Waals surface area contributed by atoms with Gasteiger partial charge in [-0.15, -0.1) is 0 Å². The average Bonchev–Trinajstić information content (AvgIpc) is 2.33. The van der Waals surface area contributed by atoms with Crippen molar-refractivity contribution in [3.05, 3.63) is 0 Å². The SMILES string of the molecule is COCCCCNC(=O)NCC(C)CCC(=O)O. The van der Waals surface area contributed by atoms with E-state index in [0.717, 1.165) is 12.8 Å². The van der Waals surface area contributed by atoms with Crippen molar-refractivity contribution in [3.8, 4) is 0 Å². The molecule has 0 heterocycles. The van der Waals surface area contributed by atoms with Crippen LogP contribution in [0.2, 0.25) is 0 Å². The summed E-state index contributed by atoms with van der Waals surface area (Å²) < 4.78 is 4.90. The van der Waals surface area contributed by atoms with Crippen molar-refractivity contribution >= 4 is 12.0 Å². The Hall–Kier alpha value is -1.30. The van der Waals surface area contributed by atoms with Crippen molar-refractivity contribution in [2.24, 2.45) is 5.92 Å². The summed E-state index contributed by atoms with van der Waals surface area (Å²) in [6.07, 6.45) is 2.52. The lowest BCUT2D eigenvalue weighted by atomic mass is 10.1. The van der Waals surface area contributed by atoms with Crippen LogP contribution in [0.1, 0.15) is 32.6 Å². The Labute approximate surface area is 108 Å². The largest absolute Gasteiger partial charge is 0.481 e. The highest BCUT2D eigenvalue weighted by atomic mass is 16.5. The van der Waals surface area contributed by atoms with Crippen LogP contribution in [-0.4, -0.2) is 43.9 Å². The fourth-order valence-electron chi connectivity index (χ4n) is 1.37. The molecule has 0 bridgehead atoms. The van der Waals surface area contributed by atoms with Gasteiger partial charge in [0.25, 0.3) is 0 Å². The zero-order valence-electron chi connectivity index (χ0n) is 11.2. The lowest BCUT2D eigenvalue weighted by Gasteiger charge is -2.12. The monoisotopic (exact) mass is 260 g/mol. The number of hydrogen-bond donors (Lipinski definition) is 3. The molecule has 0 aliphatic heterocycles. The Morgan fingerprint density at radius 3 is 2.61 bits per heavy atom. The summed E-state index contributed by atoms with van der Waals surface area (Å²) in [6, 6.07) is -0.199. The fraction of sp³-hybridized carbons (Fsp3) is 0.833. The Balaban J connectivity index is 3.43. The van der Waals surface area contributed by atoms with Gasteiger partial charge in [-0.05, 0) is 25.2 Å². The van der Waals surface area contributed by atoms with E-state index in [1.165, 1.54) is 0 Å². The van der Waals surface area contributed by atoms with Gasteiger partial charge in [0.15, 0.2) is 0 Å². The molecule has 0 aromatic rings. The minimum absolute atomic E-state index is 0.140. The van der Waals surface area contributed by atoms with Crippen LogP contribution in [-0.2, 0) is 9.53 Å². The van der Waals surface area contributed by atoms with Crippen LogP contribution in [0.3, 0.4) is 0 Å². The lowest BCUT2D eigenvalue weighted by Crippen LogP contribution is -2.38. The van der Waals surface area contributed by atoms with Crippen LogP contribution in [0.4, 0.5) is 4.79 Å². The quantitative estimate of drug-likeness (QED) is 0.515. The molecule has 0 aliphatic rings. The number of hydrogen-bond acceptors (Lipinski definition) is 3. The molecule has 3 N–H and O–H groups in total. The van der Waals surface area contributed by atoms with Crippen LogP contribution in [0.5, 0.6) is 0 Å². The number of carboxylic acids is 1. The Bertz CT molecular complexity index is 246. The van der Waals surface area contributed by atoms with E-state index in [0.29, 0.717) is 26.1 Å². The summed E-state index contributed by atoms with van der Waals surface area (Å²) in [5.74, 6) is -0.634. The van der Waals surface area contributed by atoms with Crippen LogP contribution in [0.25, 0.3) is 0 Å². The minimum Gasteiger partial charge on any atom is -0.481 e. The van der Waals surface area contributed by atoms with Crippen LogP contribution in [0, 0.1) is 5.92 Å². The van der Waals surface area contributed by atoms with E-state index >= 15 is 0 Å². The second-order valence-electron chi connectivity index (χ2n) is 4.37. The van der Waals surface area contributed by atoms with Crippen molar-refractivity contribution in [3.63, 3.8) is 0 Å². The van der Waals surface area contributed by atoms with E-state index in [-0.39, 0.29) is 18.4 Å². The van der Waals surface area contributed by atoms with E-state index in [9.17, 15) is 9.59 Å². The third-order valence-electron chi connectivity index (χ3n) is 2.52. The van der Waals surface area contributed by atoms with E-state index in [2.05, 4.69) is 10.6 Å². The maximum Gasteiger partial charge on any atom is 0.314 e. The predicted octanol–water partition coefficient (Wildman–Crippen LogP) is 1.21. The van der Waals surface area contributed by atoms with Crippen molar-refractivity contribution in [1.29, 1.82) is 0 Å². The van der Waals surface area contributed by atoms with Crippen LogP contribution in [0.15, 0.2) is 0 Å². The number of nitrogens with one attached hydrogen (secondary N) is 2. The van der Waals surface area contributed by atoms with Crippen molar-refractivity contribution in [2.45, 2.75) is 32.6 Å². The average molecular weight is 260 g/mol. The van der Waals surface area contributed by atoms with Gasteiger partial charge in [0.2, 0.25) is 0 Å². The lowest BCUT2D eigenvalue weighted by molar-refractivity contribution is -0.137. The number of aliphatic carboxylic acids is 1. The molecule has 0 aromatic heterocycles. The number of carbonyl (C=O) groups is 2. The number of carbonyl (C=O) groups excluding carboxylic acids is 1. The number of ether oxygens (including phenoxy) is 1. The summed E-state index contributed by atoms with van der Waals surface area (Å²) in [5, 5.41) is 14.0. The number of carboxylic acid groups (broad SMARTS) is 1. The molecule has 0 aliphatic carbocycles. The molecule has 106 valence electrons. The number of unbranched alkanes of at least 4 members (excludes halogenated alkanes) is 1. The van der Waals surface area contributed by atoms with Gasteiger partial charge >= 0.3 is 12.0 Å². The predicted molar refractivity (Wildman–Crippen MR) is 68.5 cm³/mol. The first-order chi connectivity index (χ1) is 8.56. The van der Waals surface area contributed by atoms with E-state index < -0.39 is 5.97 Å². The van der Waals surface area contributed by atoms with Gasteiger partial charge in [-0.1, -0.05) is 6.92 Å². The van der Waals surface area contributed by atoms with E-state index in [1.807, 2.05) is 6.92 Å². The van der Waals surface area contributed by atoms with Crippen molar-refractivity contribution < 1.29 is 19.4 Å². The third kappa shape index (κ3) is 11.2. The fourth-order valence-corrected chi connectivity index (χ4v) is 1.37. The van der Waals surface area contributed by atoms with Crippen molar-refractivity contribution in [1.82, 2.24) is 10.6 Å². The first-order valence-corrected chi connectivity index (χ1v) is 6.28. The first-order valence-electron chi connectivity index (χ1n) is 6.28. The molecular weight excluding hydrogens is 236 g/mol. The normalized spacial score (nSPS) is 11.9. The first kappa shape index (κ1) is 16.7. The molecule has 1 unspecified atom stereocenters. The number of methoxy groups -OCH3 is 1. The zero-order valence-corrected chi connectivity index (χ0v) is 11.2. The molecule has 1 atom stereocenters. The van der Waals surface area contributed by atoms with E-state index in [1.54, 1.807) is 7.11 Å². The highest BCUT2D eigenvalue weighted by molar-refractivity contribution is 5.73. The Kier molecular flexibility index (Phi) is 10.0. The summed E-state index contributed by atoms with van der Waals surface area (Å²) in [4.78, 5) is 21.7. The summed E-state index contributed by atoms with van der Waals surface area (Å²) >= 11 is 0. The highest BCUT2D eigenvalue weighted by Gasteiger charge is 2.07. The molecule has 0 radical (unpaired) electrons. The second-order valence-corrected chi connectivity index (χ2v) is 4.37. The number of rotatable bonds is 10. The van der Waals surface area contributed by atoms with Gasteiger partial charge in [0.1, 0.15) is 0 Å². The van der Waals surface area contributed by atoms with Gasteiger partial charge in [0.05, 0.1) is 0 Å². The molecule has 0 saturated heterocycles. The molecule has 0 saturated carbocycles. The molecule has 0 aromatic carbocycles. The maximum absolute atomic E-state index is 11.3. The van der Waals surface area contributed by atoms with Crippen molar-refractivity contribution in [2.75, 3.05) is 26.8 Å². The highest BCUT2D eigenvalue weighted by Crippen LogP contribution is 2.03.